The van der Waals surface area contributed by atoms with E-state index >= 15 is 0 Å². The SMILES string of the molecule is O=C(O)N1CCC[C@@H](n2nccc(Cl)c2=O)C1. The van der Waals surface area contributed by atoms with E-state index in [1.165, 1.54) is 21.8 Å². The lowest BCUT2D eigenvalue weighted by atomic mass is 10.1. The predicted molar refractivity (Wildman–Crippen MR) is 61.4 cm³/mol. The first-order valence-electron chi connectivity index (χ1n) is 5.31. The molecule has 1 fully saturated rings. The molecule has 0 radical (unpaired) electrons. The van der Waals surface area contributed by atoms with Crippen LogP contribution in [0, 0.1) is 0 Å². The molecule has 92 valence electrons. The largest absolute Gasteiger partial charge is 0.465 e. The first kappa shape index (κ1) is 11.9. The van der Waals surface area contributed by atoms with Gasteiger partial charge in [0.25, 0.3) is 5.56 Å². The van der Waals surface area contributed by atoms with Gasteiger partial charge < -0.3 is 10.0 Å². The zero-order chi connectivity index (χ0) is 12.4. The molecule has 6 nitrogen and oxygen atoms in total. The first-order chi connectivity index (χ1) is 8.09. The van der Waals surface area contributed by atoms with E-state index in [9.17, 15) is 9.59 Å². The third-order valence-corrected chi connectivity index (χ3v) is 3.12. The summed E-state index contributed by atoms with van der Waals surface area (Å²) in [5, 5.41) is 13.0. The fourth-order valence-electron chi connectivity index (χ4n) is 1.99. The molecule has 7 heteroatoms. The monoisotopic (exact) mass is 257 g/mol. The highest BCUT2D eigenvalue weighted by Crippen LogP contribution is 2.19. The molecule has 1 N–H and O–H groups in total. The Morgan fingerprint density at radius 2 is 2.35 bits per heavy atom. The van der Waals surface area contributed by atoms with Crippen LogP contribution in [0.3, 0.4) is 0 Å². The van der Waals surface area contributed by atoms with Crippen molar-refractivity contribution in [1.29, 1.82) is 0 Å². The Morgan fingerprint density at radius 3 is 3.06 bits per heavy atom. The van der Waals surface area contributed by atoms with Crippen molar-refractivity contribution in [3.05, 3.63) is 27.6 Å². The Labute approximate surface area is 102 Å². The molecule has 0 bridgehead atoms. The van der Waals surface area contributed by atoms with Crippen molar-refractivity contribution in [2.75, 3.05) is 13.1 Å². The van der Waals surface area contributed by atoms with Gasteiger partial charge in [0.15, 0.2) is 0 Å². The molecule has 1 aliphatic rings. The number of aromatic nitrogens is 2. The van der Waals surface area contributed by atoms with Crippen LogP contribution in [0.4, 0.5) is 4.79 Å². The molecule has 17 heavy (non-hydrogen) atoms. The third-order valence-electron chi connectivity index (χ3n) is 2.84. The van der Waals surface area contributed by atoms with Crippen LogP contribution < -0.4 is 5.56 Å². The zero-order valence-corrected chi connectivity index (χ0v) is 9.80. The third kappa shape index (κ3) is 2.41. The van der Waals surface area contributed by atoms with Gasteiger partial charge in [-0.15, -0.1) is 0 Å². The van der Waals surface area contributed by atoms with E-state index < -0.39 is 6.09 Å². The van der Waals surface area contributed by atoms with Crippen molar-refractivity contribution >= 4 is 17.7 Å². The molecule has 1 aromatic heterocycles. The van der Waals surface area contributed by atoms with E-state index in [0.717, 1.165) is 12.8 Å². The molecule has 0 saturated carbocycles. The Morgan fingerprint density at radius 1 is 1.59 bits per heavy atom. The van der Waals surface area contributed by atoms with Crippen LogP contribution in [0.25, 0.3) is 0 Å². The van der Waals surface area contributed by atoms with Gasteiger partial charge in [-0.25, -0.2) is 9.48 Å². The van der Waals surface area contributed by atoms with Crippen LogP contribution >= 0.6 is 11.6 Å². The van der Waals surface area contributed by atoms with Crippen LogP contribution in [0.2, 0.25) is 5.02 Å². The number of likely N-dealkylation sites (tertiary alicyclic amines) is 1. The summed E-state index contributed by atoms with van der Waals surface area (Å²) < 4.78 is 1.28. The minimum Gasteiger partial charge on any atom is -0.465 e. The van der Waals surface area contributed by atoms with Gasteiger partial charge in [0.2, 0.25) is 0 Å². The molecule has 1 atom stereocenters. The average molecular weight is 258 g/mol. The minimum atomic E-state index is -0.968. The standard InChI is InChI=1S/C10H12ClN3O3/c11-8-3-4-12-14(9(8)15)7-2-1-5-13(6-7)10(16)17/h3-4,7H,1-2,5-6H2,(H,16,17)/t7-/m1/s1. The number of halogens is 1. The average Bonchev–Trinajstić information content (AvgIpc) is 2.33. The molecule has 0 spiro atoms. The second-order valence-electron chi connectivity index (χ2n) is 3.95. The van der Waals surface area contributed by atoms with Crippen molar-refractivity contribution < 1.29 is 9.90 Å². The Balaban J connectivity index is 2.25. The molecule has 1 amide bonds. The summed E-state index contributed by atoms with van der Waals surface area (Å²) in [6, 6.07) is 1.20. The molecule has 1 aliphatic heterocycles. The topological polar surface area (TPSA) is 75.4 Å². The van der Waals surface area contributed by atoms with Crippen molar-refractivity contribution in [3.8, 4) is 0 Å². The van der Waals surface area contributed by atoms with E-state index in [1.54, 1.807) is 0 Å². The van der Waals surface area contributed by atoms with E-state index in [2.05, 4.69) is 5.10 Å². The summed E-state index contributed by atoms with van der Waals surface area (Å²) in [5.74, 6) is 0. The quantitative estimate of drug-likeness (QED) is 0.821. The summed E-state index contributed by atoms with van der Waals surface area (Å²) in [7, 11) is 0. The lowest BCUT2D eigenvalue weighted by molar-refractivity contribution is 0.118. The highest BCUT2D eigenvalue weighted by Gasteiger charge is 2.25. The van der Waals surface area contributed by atoms with Gasteiger partial charge in [0.05, 0.1) is 6.04 Å². The fourth-order valence-corrected chi connectivity index (χ4v) is 2.13. The van der Waals surface area contributed by atoms with E-state index in [-0.39, 0.29) is 23.2 Å². The van der Waals surface area contributed by atoms with E-state index in [1.807, 2.05) is 0 Å². The highest BCUT2D eigenvalue weighted by atomic mass is 35.5. The molecule has 0 aromatic carbocycles. The van der Waals surface area contributed by atoms with Crippen molar-refractivity contribution in [1.82, 2.24) is 14.7 Å². The van der Waals surface area contributed by atoms with Crippen LogP contribution in [0.1, 0.15) is 18.9 Å². The number of rotatable bonds is 1. The number of piperidine rings is 1. The number of nitrogens with zero attached hydrogens (tertiary/aromatic N) is 3. The number of carbonyl (C=O) groups is 1. The van der Waals surface area contributed by atoms with Gasteiger partial charge in [-0.2, -0.15) is 5.10 Å². The normalized spacial score (nSPS) is 20.3. The predicted octanol–water partition coefficient (Wildman–Crippen LogP) is 1.21. The summed E-state index contributed by atoms with van der Waals surface area (Å²) in [5.41, 5.74) is -0.369. The smallest absolute Gasteiger partial charge is 0.407 e. The van der Waals surface area contributed by atoms with Gasteiger partial charge in [0.1, 0.15) is 5.02 Å². The molecular formula is C10H12ClN3O3. The van der Waals surface area contributed by atoms with Gasteiger partial charge in [-0.05, 0) is 18.9 Å². The number of amides is 1. The molecular weight excluding hydrogens is 246 g/mol. The zero-order valence-electron chi connectivity index (χ0n) is 9.04. The second kappa shape index (κ2) is 4.75. The lowest BCUT2D eigenvalue weighted by Gasteiger charge is -2.30. The van der Waals surface area contributed by atoms with Crippen molar-refractivity contribution in [2.45, 2.75) is 18.9 Å². The second-order valence-corrected chi connectivity index (χ2v) is 4.36. The van der Waals surface area contributed by atoms with Crippen LogP contribution in [0.5, 0.6) is 0 Å². The van der Waals surface area contributed by atoms with Crippen molar-refractivity contribution in [3.63, 3.8) is 0 Å². The number of hydrogen-bond acceptors (Lipinski definition) is 3. The Kier molecular flexibility index (Phi) is 3.33. The fraction of sp³-hybridized carbons (Fsp3) is 0.500. The maximum absolute atomic E-state index is 11.7. The molecule has 0 unspecified atom stereocenters. The van der Waals surface area contributed by atoms with Gasteiger partial charge in [-0.1, -0.05) is 11.6 Å². The summed E-state index contributed by atoms with van der Waals surface area (Å²) >= 11 is 5.73. The van der Waals surface area contributed by atoms with Crippen LogP contribution in [0.15, 0.2) is 17.1 Å². The highest BCUT2D eigenvalue weighted by molar-refractivity contribution is 6.30. The number of hydrogen-bond donors (Lipinski definition) is 1. The van der Waals surface area contributed by atoms with Crippen LogP contribution in [-0.2, 0) is 0 Å². The Hall–Kier alpha value is -1.56. The van der Waals surface area contributed by atoms with Gasteiger partial charge >= 0.3 is 6.09 Å². The lowest BCUT2D eigenvalue weighted by Crippen LogP contribution is -2.42. The van der Waals surface area contributed by atoms with E-state index in [0.29, 0.717) is 6.54 Å². The molecule has 2 heterocycles. The summed E-state index contributed by atoms with van der Waals surface area (Å²) in [6.07, 6.45) is 1.93. The Bertz CT molecular complexity index is 488. The minimum absolute atomic E-state index is 0.104. The molecule has 1 aromatic rings. The van der Waals surface area contributed by atoms with Gasteiger partial charge in [0, 0.05) is 19.3 Å². The maximum atomic E-state index is 11.7. The van der Waals surface area contributed by atoms with Crippen molar-refractivity contribution in [2.24, 2.45) is 0 Å². The summed E-state index contributed by atoms with van der Waals surface area (Å²) in [4.78, 5) is 23.9. The van der Waals surface area contributed by atoms with Crippen LogP contribution in [-0.4, -0.2) is 39.0 Å². The molecule has 1 saturated heterocycles. The summed E-state index contributed by atoms with van der Waals surface area (Å²) in [6.45, 7) is 0.781. The number of carboxylic acid groups (broad SMARTS) is 1. The maximum Gasteiger partial charge on any atom is 0.407 e. The first-order valence-corrected chi connectivity index (χ1v) is 5.68. The molecule has 2 rings (SSSR count). The molecule has 0 aliphatic carbocycles. The van der Waals surface area contributed by atoms with Gasteiger partial charge in [-0.3, -0.25) is 4.79 Å². The van der Waals surface area contributed by atoms with E-state index in [4.69, 9.17) is 16.7 Å².